The fourth-order valence-corrected chi connectivity index (χ4v) is 8.04. The van der Waals surface area contributed by atoms with Crippen LogP contribution in [0.2, 0.25) is 0 Å². The Labute approximate surface area is 224 Å². The molecule has 0 spiro atoms. The van der Waals surface area contributed by atoms with E-state index in [1.165, 1.54) is 43.2 Å². The van der Waals surface area contributed by atoms with E-state index in [0.29, 0.717) is 34.7 Å². The van der Waals surface area contributed by atoms with Crippen molar-refractivity contribution in [2.75, 3.05) is 11.5 Å². The lowest BCUT2D eigenvalue weighted by Gasteiger charge is -2.62. The fourth-order valence-electron chi connectivity index (χ4n) is 8.04. The molecule has 0 heterocycles. The number of hydrogen-bond donors (Lipinski definition) is 2. The van der Waals surface area contributed by atoms with Gasteiger partial charge in [0.2, 0.25) is 0 Å². The maximum absolute atomic E-state index is 6.14. The summed E-state index contributed by atoms with van der Waals surface area (Å²) < 4.78 is 12.3. The van der Waals surface area contributed by atoms with Gasteiger partial charge in [0, 0.05) is 5.41 Å². The summed E-state index contributed by atoms with van der Waals surface area (Å²) in [6.07, 6.45) is 6.73. The molecule has 0 saturated heterocycles. The molecule has 4 aliphatic rings. The predicted molar refractivity (Wildman–Crippen MR) is 153 cm³/mol. The van der Waals surface area contributed by atoms with E-state index in [0.717, 1.165) is 23.3 Å². The molecular weight excluding hydrogens is 468 g/mol. The van der Waals surface area contributed by atoms with Crippen LogP contribution in [0, 0.1) is 23.7 Å². The number of para-hydroxylation sites is 4. The van der Waals surface area contributed by atoms with Gasteiger partial charge in [0.1, 0.15) is 23.0 Å². The Kier molecular flexibility index (Phi) is 5.57. The van der Waals surface area contributed by atoms with Gasteiger partial charge in [-0.3, -0.25) is 0 Å². The molecule has 0 amide bonds. The Bertz CT molecular complexity index is 1320. The molecule has 8 rings (SSSR count). The summed E-state index contributed by atoms with van der Waals surface area (Å²) in [4.78, 5) is 0. The minimum atomic E-state index is 0.0159. The maximum Gasteiger partial charge on any atom is 0.150 e. The number of ether oxygens (including phenoxy) is 2. The zero-order valence-corrected chi connectivity index (χ0v) is 21.6. The maximum atomic E-state index is 6.14. The van der Waals surface area contributed by atoms with Crippen molar-refractivity contribution < 1.29 is 9.47 Å². The van der Waals surface area contributed by atoms with E-state index in [1.807, 2.05) is 48.5 Å². The molecule has 38 heavy (non-hydrogen) atoms. The van der Waals surface area contributed by atoms with Crippen LogP contribution in [-0.2, 0) is 5.41 Å². The zero-order chi connectivity index (χ0) is 25.7. The second-order valence-corrected chi connectivity index (χ2v) is 11.5. The Morgan fingerprint density at radius 3 is 1.29 bits per heavy atom. The number of hydrogen-bond acceptors (Lipinski definition) is 4. The SMILES string of the molecule is Nc1ccccc1Oc1ccc(C2(c3ccc(Oc4ccccc4N)cc3)C3CC4CC(C3)CC2C4)cc1. The van der Waals surface area contributed by atoms with Crippen molar-refractivity contribution in [1.29, 1.82) is 0 Å². The average molecular weight is 503 g/mol. The molecule has 0 aliphatic heterocycles. The van der Waals surface area contributed by atoms with Gasteiger partial charge in [-0.2, -0.15) is 0 Å². The first-order chi connectivity index (χ1) is 18.6. The normalized spacial score (nSPS) is 24.7. The average Bonchev–Trinajstić information content (AvgIpc) is 2.93. The highest BCUT2D eigenvalue weighted by molar-refractivity contribution is 5.55. The molecule has 4 nitrogen and oxygen atoms in total. The summed E-state index contributed by atoms with van der Waals surface area (Å²) >= 11 is 0. The zero-order valence-electron chi connectivity index (χ0n) is 21.6. The number of nitrogen functional groups attached to an aromatic ring is 2. The van der Waals surface area contributed by atoms with Crippen LogP contribution in [0.15, 0.2) is 97.1 Å². The third-order valence-corrected chi connectivity index (χ3v) is 9.38. The van der Waals surface area contributed by atoms with Crippen molar-refractivity contribution >= 4 is 11.4 Å². The van der Waals surface area contributed by atoms with E-state index in [-0.39, 0.29) is 5.41 Å². The first-order valence-electron chi connectivity index (χ1n) is 13.9. The van der Waals surface area contributed by atoms with Gasteiger partial charge in [-0.05, 0) is 115 Å². The van der Waals surface area contributed by atoms with Crippen LogP contribution in [0.1, 0.15) is 43.2 Å². The van der Waals surface area contributed by atoms with Gasteiger partial charge in [-0.25, -0.2) is 0 Å². The molecule has 0 radical (unpaired) electrons. The van der Waals surface area contributed by atoms with Crippen molar-refractivity contribution in [2.24, 2.45) is 23.7 Å². The second-order valence-electron chi connectivity index (χ2n) is 11.5. The largest absolute Gasteiger partial charge is 0.455 e. The second kappa shape index (κ2) is 9.13. The minimum absolute atomic E-state index is 0.0159. The highest BCUT2D eigenvalue weighted by Gasteiger charge is 2.58. The van der Waals surface area contributed by atoms with Gasteiger partial charge in [0.15, 0.2) is 0 Å². The molecule has 4 fully saturated rings. The van der Waals surface area contributed by atoms with E-state index in [2.05, 4.69) is 48.5 Å². The van der Waals surface area contributed by atoms with Crippen molar-refractivity contribution in [3.8, 4) is 23.0 Å². The number of anilines is 2. The monoisotopic (exact) mass is 502 g/mol. The highest BCUT2D eigenvalue weighted by atomic mass is 16.5. The van der Waals surface area contributed by atoms with E-state index in [9.17, 15) is 0 Å². The molecule has 4 N–H and O–H groups in total. The van der Waals surface area contributed by atoms with Crippen LogP contribution in [0.5, 0.6) is 23.0 Å². The van der Waals surface area contributed by atoms with Crippen LogP contribution in [0.4, 0.5) is 11.4 Å². The standard InChI is InChI=1S/C34H34N2O2/c35-30-5-1-3-7-32(30)37-28-13-9-24(10-14-28)34(26-18-22-17-23(20-26)21-27(34)19-22)25-11-15-29(16-12-25)38-33-8-4-2-6-31(33)36/h1-16,22-23,26-27H,17-21,35-36H2. The van der Waals surface area contributed by atoms with Gasteiger partial charge < -0.3 is 20.9 Å². The van der Waals surface area contributed by atoms with Gasteiger partial charge in [-0.1, -0.05) is 48.5 Å². The Balaban J connectivity index is 1.24. The molecule has 192 valence electrons. The van der Waals surface area contributed by atoms with Crippen LogP contribution in [0.3, 0.4) is 0 Å². The van der Waals surface area contributed by atoms with Crippen molar-refractivity contribution in [2.45, 2.75) is 37.5 Å². The Hall–Kier alpha value is -3.92. The fraction of sp³-hybridized carbons (Fsp3) is 0.294. The molecule has 0 unspecified atom stereocenters. The molecule has 4 bridgehead atoms. The molecule has 4 aliphatic carbocycles. The van der Waals surface area contributed by atoms with Crippen LogP contribution in [-0.4, -0.2) is 0 Å². The van der Waals surface area contributed by atoms with E-state index < -0.39 is 0 Å². The predicted octanol–water partition coefficient (Wildman–Crippen LogP) is 8.18. The third-order valence-electron chi connectivity index (χ3n) is 9.38. The molecule has 4 aromatic carbocycles. The van der Waals surface area contributed by atoms with E-state index >= 15 is 0 Å². The summed E-state index contributed by atoms with van der Waals surface area (Å²) in [5.74, 6) is 6.11. The minimum Gasteiger partial charge on any atom is -0.455 e. The van der Waals surface area contributed by atoms with E-state index in [1.54, 1.807) is 0 Å². The summed E-state index contributed by atoms with van der Waals surface area (Å²) in [5.41, 5.74) is 16.4. The van der Waals surface area contributed by atoms with Gasteiger partial charge in [0.25, 0.3) is 0 Å². The lowest BCUT2D eigenvalue weighted by Crippen LogP contribution is -2.56. The molecule has 0 aromatic heterocycles. The first kappa shape index (κ1) is 23.2. The summed E-state index contributed by atoms with van der Waals surface area (Å²) in [6.45, 7) is 0. The lowest BCUT2D eigenvalue weighted by molar-refractivity contribution is -0.0418. The summed E-state index contributed by atoms with van der Waals surface area (Å²) in [5, 5.41) is 0. The third kappa shape index (κ3) is 3.82. The Morgan fingerprint density at radius 1 is 0.500 bits per heavy atom. The quantitative estimate of drug-likeness (QED) is 0.261. The van der Waals surface area contributed by atoms with Crippen LogP contribution in [0.25, 0.3) is 0 Å². The highest BCUT2D eigenvalue weighted by Crippen LogP contribution is 2.65. The number of nitrogens with two attached hydrogens (primary N) is 2. The van der Waals surface area contributed by atoms with Crippen molar-refractivity contribution in [3.63, 3.8) is 0 Å². The van der Waals surface area contributed by atoms with Crippen molar-refractivity contribution in [1.82, 2.24) is 0 Å². The number of benzene rings is 4. The number of rotatable bonds is 6. The van der Waals surface area contributed by atoms with Gasteiger partial charge in [0.05, 0.1) is 11.4 Å². The lowest BCUT2D eigenvalue weighted by atomic mass is 9.42. The van der Waals surface area contributed by atoms with Gasteiger partial charge >= 0.3 is 0 Å². The molecule has 4 saturated carbocycles. The smallest absolute Gasteiger partial charge is 0.150 e. The van der Waals surface area contributed by atoms with E-state index in [4.69, 9.17) is 20.9 Å². The van der Waals surface area contributed by atoms with Gasteiger partial charge in [-0.15, -0.1) is 0 Å². The van der Waals surface area contributed by atoms with Crippen LogP contribution < -0.4 is 20.9 Å². The Morgan fingerprint density at radius 2 is 0.895 bits per heavy atom. The summed E-state index contributed by atoms with van der Waals surface area (Å²) in [6, 6.07) is 33.0. The molecular formula is C34H34N2O2. The molecule has 0 atom stereocenters. The van der Waals surface area contributed by atoms with Crippen LogP contribution >= 0.6 is 0 Å². The molecule has 4 heteroatoms. The summed E-state index contributed by atoms with van der Waals surface area (Å²) in [7, 11) is 0. The topological polar surface area (TPSA) is 70.5 Å². The molecule has 4 aromatic rings. The van der Waals surface area contributed by atoms with Crippen molar-refractivity contribution in [3.05, 3.63) is 108 Å². The first-order valence-corrected chi connectivity index (χ1v) is 13.9.